The number of carbonyl (C=O) groups is 1. The van der Waals surface area contributed by atoms with Crippen molar-refractivity contribution in [2.75, 3.05) is 0 Å². The van der Waals surface area contributed by atoms with Crippen molar-refractivity contribution in [3.63, 3.8) is 0 Å². The van der Waals surface area contributed by atoms with Gasteiger partial charge >= 0.3 is 12.4 Å². The van der Waals surface area contributed by atoms with Gasteiger partial charge in [-0.2, -0.15) is 26.3 Å². The van der Waals surface area contributed by atoms with Crippen molar-refractivity contribution in [1.82, 2.24) is 0 Å². The molecule has 134 valence electrons. The van der Waals surface area contributed by atoms with E-state index in [1.165, 1.54) is 6.07 Å². The zero-order valence-corrected chi connectivity index (χ0v) is 12.2. The van der Waals surface area contributed by atoms with Crippen LogP contribution in [0.3, 0.4) is 0 Å². The highest BCUT2D eigenvalue weighted by Crippen LogP contribution is 2.37. The summed E-state index contributed by atoms with van der Waals surface area (Å²) in [4.78, 5) is 10.6. The molecule has 0 aliphatic rings. The molecule has 0 fully saturated rings. The van der Waals surface area contributed by atoms with E-state index in [0.717, 1.165) is 12.1 Å². The van der Waals surface area contributed by atoms with Crippen LogP contribution in [0.5, 0.6) is 5.75 Å². The molecule has 0 amide bonds. The quantitative estimate of drug-likeness (QED) is 0.545. The van der Waals surface area contributed by atoms with Crippen molar-refractivity contribution in [2.24, 2.45) is 0 Å². The van der Waals surface area contributed by atoms with Crippen LogP contribution in [0.2, 0.25) is 0 Å². The third-order valence-corrected chi connectivity index (χ3v) is 3.24. The lowest BCUT2D eigenvalue weighted by Crippen LogP contribution is -2.14. The highest BCUT2D eigenvalue weighted by atomic mass is 19.4. The summed E-state index contributed by atoms with van der Waals surface area (Å²) in [5, 5.41) is 0. The van der Waals surface area contributed by atoms with E-state index in [0.29, 0.717) is 18.2 Å². The van der Waals surface area contributed by atoms with Crippen LogP contribution in [-0.2, 0) is 19.0 Å². The van der Waals surface area contributed by atoms with Crippen LogP contribution >= 0.6 is 0 Å². The monoisotopic (exact) mass is 366 g/mol. The second-order valence-corrected chi connectivity index (χ2v) is 4.93. The molecule has 0 aliphatic carbocycles. The molecule has 2 aromatic rings. The number of hydrogen-bond acceptors (Lipinski definition) is 2. The molecule has 2 aromatic carbocycles. The highest BCUT2D eigenvalue weighted by Gasteiger charge is 2.37. The number of carbonyl (C=O) groups excluding carboxylic acids is 1. The van der Waals surface area contributed by atoms with E-state index in [1.807, 2.05) is 0 Å². The van der Waals surface area contributed by atoms with E-state index in [1.54, 1.807) is 0 Å². The van der Waals surface area contributed by atoms with Crippen LogP contribution in [0.25, 0.3) is 0 Å². The van der Waals surface area contributed by atoms with E-state index >= 15 is 0 Å². The molecule has 0 N–H and O–H groups in total. The minimum Gasteiger partial charge on any atom is -0.486 e. The summed E-state index contributed by atoms with van der Waals surface area (Å²) in [6, 6.07) is 4.27. The summed E-state index contributed by atoms with van der Waals surface area (Å²) < 4.78 is 95.6. The number of aldehydes is 1. The predicted molar refractivity (Wildman–Crippen MR) is 72.6 cm³/mol. The maximum atomic E-state index is 13.8. The van der Waals surface area contributed by atoms with Gasteiger partial charge in [0.1, 0.15) is 6.61 Å². The number of hydrogen-bond donors (Lipinski definition) is 0. The van der Waals surface area contributed by atoms with Gasteiger partial charge in [0.2, 0.25) is 0 Å². The molecule has 2 nitrogen and oxygen atoms in total. The fraction of sp³-hybridized carbons (Fsp3) is 0.188. The van der Waals surface area contributed by atoms with Gasteiger partial charge in [0, 0.05) is 5.56 Å². The Morgan fingerprint density at radius 3 is 2.20 bits per heavy atom. The zero-order chi connectivity index (χ0) is 18.8. The molecule has 0 radical (unpaired) electrons. The Hall–Kier alpha value is -2.58. The van der Waals surface area contributed by atoms with Gasteiger partial charge in [-0.3, -0.25) is 4.79 Å². The Morgan fingerprint density at radius 2 is 1.64 bits per heavy atom. The van der Waals surface area contributed by atoms with Crippen molar-refractivity contribution < 1.29 is 40.3 Å². The maximum Gasteiger partial charge on any atom is 0.416 e. The van der Waals surface area contributed by atoms with Gasteiger partial charge < -0.3 is 4.74 Å². The second kappa shape index (κ2) is 6.73. The van der Waals surface area contributed by atoms with Gasteiger partial charge in [-0.1, -0.05) is 6.07 Å². The lowest BCUT2D eigenvalue weighted by molar-refractivity contribution is -0.142. The number of ether oxygens (including phenoxy) is 1. The fourth-order valence-electron chi connectivity index (χ4n) is 2.05. The van der Waals surface area contributed by atoms with E-state index in [4.69, 9.17) is 4.74 Å². The number of halogens is 7. The largest absolute Gasteiger partial charge is 0.486 e. The Labute approximate surface area is 136 Å². The van der Waals surface area contributed by atoms with Crippen LogP contribution in [0.4, 0.5) is 30.7 Å². The maximum absolute atomic E-state index is 13.8. The first-order valence-electron chi connectivity index (χ1n) is 6.68. The van der Waals surface area contributed by atoms with E-state index in [-0.39, 0.29) is 6.29 Å². The van der Waals surface area contributed by atoms with Crippen LogP contribution in [-0.4, -0.2) is 6.29 Å². The summed E-state index contributed by atoms with van der Waals surface area (Å²) >= 11 is 0. The SMILES string of the molecule is O=Cc1cccc(OCc2cc(C(F)(F)F)ccc2C(F)(F)F)c1F. The fourth-order valence-corrected chi connectivity index (χ4v) is 2.05. The van der Waals surface area contributed by atoms with Gasteiger partial charge in [0.25, 0.3) is 0 Å². The predicted octanol–water partition coefficient (Wildman–Crippen LogP) is 5.25. The summed E-state index contributed by atoms with van der Waals surface area (Å²) in [5.41, 5.74) is -3.82. The van der Waals surface area contributed by atoms with Crippen molar-refractivity contribution in [2.45, 2.75) is 19.0 Å². The van der Waals surface area contributed by atoms with Crippen molar-refractivity contribution in [3.8, 4) is 5.75 Å². The molecule has 25 heavy (non-hydrogen) atoms. The lowest BCUT2D eigenvalue weighted by Gasteiger charge is -2.16. The summed E-state index contributed by atoms with van der Waals surface area (Å²) in [5.74, 6) is -1.66. The molecule has 0 saturated heterocycles. The van der Waals surface area contributed by atoms with Crippen molar-refractivity contribution in [3.05, 3.63) is 64.5 Å². The molecule has 0 spiro atoms. The third kappa shape index (κ3) is 4.28. The van der Waals surface area contributed by atoms with Gasteiger partial charge in [0.15, 0.2) is 17.9 Å². The second-order valence-electron chi connectivity index (χ2n) is 4.93. The molecule has 0 unspecified atom stereocenters. The first kappa shape index (κ1) is 18.8. The molecule has 0 atom stereocenters. The highest BCUT2D eigenvalue weighted by molar-refractivity contribution is 5.76. The summed E-state index contributed by atoms with van der Waals surface area (Å²) in [7, 11) is 0. The normalized spacial score (nSPS) is 12.1. The molecular formula is C16H9F7O2. The number of alkyl halides is 6. The van der Waals surface area contributed by atoms with Crippen LogP contribution in [0.1, 0.15) is 27.0 Å². The third-order valence-electron chi connectivity index (χ3n) is 3.24. The first-order valence-corrected chi connectivity index (χ1v) is 6.68. The van der Waals surface area contributed by atoms with Crippen molar-refractivity contribution >= 4 is 6.29 Å². The van der Waals surface area contributed by atoms with Gasteiger partial charge in [-0.05, 0) is 30.3 Å². The molecule has 9 heteroatoms. The number of benzene rings is 2. The minimum absolute atomic E-state index is 0.174. The van der Waals surface area contributed by atoms with E-state index in [2.05, 4.69) is 0 Å². The smallest absolute Gasteiger partial charge is 0.416 e. The standard InChI is InChI=1S/C16H9F7O2/c17-14-9(7-24)2-1-3-13(14)25-8-10-6-11(15(18,19)20)4-5-12(10)16(21,22)23/h1-7H,8H2. The number of rotatable bonds is 4. The van der Waals surface area contributed by atoms with Crippen LogP contribution in [0.15, 0.2) is 36.4 Å². The Bertz CT molecular complexity index is 779. The molecule has 0 heterocycles. The average molecular weight is 366 g/mol. The minimum atomic E-state index is -4.91. The van der Waals surface area contributed by atoms with Gasteiger partial charge in [-0.15, -0.1) is 0 Å². The molecule has 0 bridgehead atoms. The van der Waals surface area contributed by atoms with Crippen LogP contribution < -0.4 is 4.74 Å². The summed E-state index contributed by atoms with van der Waals surface area (Å²) in [6.45, 7) is -0.960. The lowest BCUT2D eigenvalue weighted by atomic mass is 10.0. The molecule has 0 aromatic heterocycles. The first-order chi connectivity index (χ1) is 11.5. The zero-order valence-electron chi connectivity index (χ0n) is 12.2. The average Bonchev–Trinajstić information content (AvgIpc) is 2.52. The molecular weight excluding hydrogens is 357 g/mol. The molecule has 2 rings (SSSR count). The van der Waals surface area contributed by atoms with Gasteiger partial charge in [0.05, 0.1) is 16.7 Å². The Kier molecular flexibility index (Phi) is 5.05. The molecule has 0 aliphatic heterocycles. The summed E-state index contributed by atoms with van der Waals surface area (Å²) in [6.07, 6.45) is -9.58. The Balaban J connectivity index is 2.39. The van der Waals surface area contributed by atoms with Crippen molar-refractivity contribution in [1.29, 1.82) is 0 Å². The van der Waals surface area contributed by atoms with Crippen LogP contribution in [0, 0.1) is 5.82 Å². The van der Waals surface area contributed by atoms with E-state index in [9.17, 15) is 35.5 Å². The Morgan fingerprint density at radius 1 is 0.960 bits per heavy atom. The topological polar surface area (TPSA) is 26.3 Å². The van der Waals surface area contributed by atoms with Gasteiger partial charge in [-0.25, -0.2) is 4.39 Å². The molecule has 0 saturated carbocycles. The van der Waals surface area contributed by atoms with E-state index < -0.39 is 52.8 Å².